The molecule has 14 heavy (non-hydrogen) atoms. The Labute approximate surface area is 95.5 Å². The van der Waals surface area contributed by atoms with Crippen LogP contribution in [0.3, 0.4) is 0 Å². The zero-order chi connectivity index (χ0) is 10.1. The van der Waals surface area contributed by atoms with Crippen molar-refractivity contribution in [2.45, 2.75) is 6.92 Å². The zero-order valence-electron chi connectivity index (χ0n) is 7.29. The minimum Gasteiger partial charge on any atom is -0.241 e. The van der Waals surface area contributed by atoms with E-state index < -0.39 is 0 Å². The summed E-state index contributed by atoms with van der Waals surface area (Å²) in [6.07, 6.45) is 0. The Morgan fingerprint density at radius 2 is 1.79 bits per heavy atom. The van der Waals surface area contributed by atoms with Crippen LogP contribution in [0.4, 0.5) is 0 Å². The normalized spacial score (nSPS) is 10.5. The lowest BCUT2D eigenvalue weighted by Gasteiger charge is -1.97. The Balaban J connectivity index is 2.51. The molecule has 0 saturated heterocycles. The van der Waals surface area contributed by atoms with Crippen LogP contribution in [-0.4, -0.2) is 9.97 Å². The van der Waals surface area contributed by atoms with Crippen molar-refractivity contribution in [1.29, 1.82) is 0 Å². The van der Waals surface area contributed by atoms with Crippen molar-refractivity contribution in [3.63, 3.8) is 0 Å². The lowest BCUT2D eigenvalue weighted by Crippen LogP contribution is -1.81. The Bertz CT molecular complexity index is 447. The van der Waals surface area contributed by atoms with Gasteiger partial charge in [0.05, 0.1) is 0 Å². The average Bonchev–Trinajstić information content (AvgIpc) is 2.50. The average molecular weight is 245 g/mol. The van der Waals surface area contributed by atoms with Gasteiger partial charge in [-0.25, -0.2) is 9.97 Å². The number of hydrogen-bond donors (Lipinski definition) is 0. The number of thiazole rings is 1. The summed E-state index contributed by atoms with van der Waals surface area (Å²) in [6.45, 7) is 1.95. The molecule has 0 aliphatic carbocycles. The van der Waals surface area contributed by atoms with Gasteiger partial charge in [0.25, 0.3) is 0 Å². The molecule has 0 fully saturated rings. The summed E-state index contributed by atoms with van der Waals surface area (Å²) in [5.74, 6) is 0. The molecular weight excluding hydrogens is 239 g/mol. The molecule has 2 heterocycles. The monoisotopic (exact) mass is 244 g/mol. The molecule has 0 N–H and O–H groups in total. The third-order valence-corrected chi connectivity index (χ3v) is 3.03. The van der Waals surface area contributed by atoms with Crippen molar-refractivity contribution in [1.82, 2.24) is 9.97 Å². The highest BCUT2D eigenvalue weighted by molar-refractivity contribution is 7.13. The molecule has 2 nitrogen and oxygen atoms in total. The summed E-state index contributed by atoms with van der Waals surface area (Å²) in [5.41, 5.74) is 1.90. The van der Waals surface area contributed by atoms with E-state index >= 15 is 0 Å². The summed E-state index contributed by atoms with van der Waals surface area (Å²) in [7, 11) is 0. The number of nitrogens with zero attached hydrogens (tertiary/aromatic N) is 2. The molecule has 0 spiro atoms. The highest BCUT2D eigenvalue weighted by Gasteiger charge is 2.05. The maximum atomic E-state index is 5.79. The first kappa shape index (κ1) is 9.90. The summed E-state index contributed by atoms with van der Waals surface area (Å²) >= 11 is 13.1. The minimum atomic E-state index is 0.389. The molecule has 2 aromatic heterocycles. The van der Waals surface area contributed by atoms with E-state index in [9.17, 15) is 0 Å². The van der Waals surface area contributed by atoms with Crippen LogP contribution in [0.2, 0.25) is 10.3 Å². The Hall–Kier alpha value is -0.640. The molecule has 0 bridgehead atoms. The van der Waals surface area contributed by atoms with Crippen molar-refractivity contribution in [3.05, 3.63) is 33.5 Å². The molecular formula is C9H6Cl2N2S. The molecule has 0 atom stereocenters. The molecule has 0 unspecified atom stereocenters. The number of halogens is 2. The molecule has 72 valence electrons. The summed E-state index contributed by atoms with van der Waals surface area (Å²) < 4.78 is 0. The fourth-order valence-corrected chi connectivity index (χ4v) is 2.32. The Morgan fingerprint density at radius 1 is 1.14 bits per heavy atom. The number of hydrogen-bond acceptors (Lipinski definition) is 3. The second kappa shape index (κ2) is 3.85. The maximum Gasteiger partial charge on any atom is 0.131 e. The van der Waals surface area contributed by atoms with Crippen LogP contribution >= 0.6 is 34.5 Å². The van der Waals surface area contributed by atoms with E-state index in [2.05, 4.69) is 9.97 Å². The Kier molecular flexibility index (Phi) is 2.72. The predicted molar refractivity (Wildman–Crippen MR) is 60.1 cm³/mol. The van der Waals surface area contributed by atoms with Crippen molar-refractivity contribution < 1.29 is 0 Å². The molecule has 0 saturated carbocycles. The van der Waals surface area contributed by atoms with Crippen LogP contribution < -0.4 is 0 Å². The van der Waals surface area contributed by atoms with Gasteiger partial charge >= 0.3 is 0 Å². The third-order valence-electron chi connectivity index (χ3n) is 1.63. The maximum absolute atomic E-state index is 5.79. The smallest absolute Gasteiger partial charge is 0.131 e. The highest BCUT2D eigenvalue weighted by Crippen LogP contribution is 2.27. The van der Waals surface area contributed by atoms with E-state index in [1.807, 2.05) is 12.3 Å². The van der Waals surface area contributed by atoms with Crippen molar-refractivity contribution in [3.8, 4) is 10.6 Å². The molecule has 2 rings (SSSR count). The van der Waals surface area contributed by atoms with Gasteiger partial charge in [-0.2, -0.15) is 0 Å². The van der Waals surface area contributed by atoms with Crippen LogP contribution in [0.5, 0.6) is 0 Å². The largest absolute Gasteiger partial charge is 0.241 e. The molecule has 0 aliphatic rings. The van der Waals surface area contributed by atoms with Gasteiger partial charge in [0.1, 0.15) is 15.3 Å². The molecule has 0 amide bonds. The molecule has 0 aliphatic heterocycles. The number of rotatable bonds is 1. The number of pyridine rings is 1. The first-order valence-corrected chi connectivity index (χ1v) is 5.54. The first-order chi connectivity index (χ1) is 6.65. The zero-order valence-corrected chi connectivity index (χ0v) is 9.62. The van der Waals surface area contributed by atoms with Gasteiger partial charge in [0, 0.05) is 16.6 Å². The van der Waals surface area contributed by atoms with Gasteiger partial charge in [0.15, 0.2) is 0 Å². The van der Waals surface area contributed by atoms with E-state index in [-0.39, 0.29) is 0 Å². The summed E-state index contributed by atoms with van der Waals surface area (Å²) in [6, 6.07) is 3.51. The lowest BCUT2D eigenvalue weighted by atomic mass is 10.3. The van der Waals surface area contributed by atoms with E-state index in [4.69, 9.17) is 23.2 Å². The van der Waals surface area contributed by atoms with Gasteiger partial charge in [-0.05, 0) is 19.1 Å². The van der Waals surface area contributed by atoms with Crippen LogP contribution in [0.25, 0.3) is 10.6 Å². The predicted octanol–water partition coefficient (Wildman–Crippen LogP) is 3.82. The summed E-state index contributed by atoms with van der Waals surface area (Å²) in [4.78, 5) is 8.21. The molecule has 5 heteroatoms. The highest BCUT2D eigenvalue weighted by atomic mass is 35.5. The van der Waals surface area contributed by atoms with Crippen molar-refractivity contribution in [2.24, 2.45) is 0 Å². The van der Waals surface area contributed by atoms with Gasteiger partial charge in [-0.3, -0.25) is 0 Å². The molecule has 2 aromatic rings. The van der Waals surface area contributed by atoms with E-state index in [0.717, 1.165) is 16.3 Å². The number of aromatic nitrogens is 2. The first-order valence-electron chi connectivity index (χ1n) is 3.91. The molecule has 0 radical (unpaired) electrons. The Morgan fingerprint density at radius 3 is 2.29 bits per heavy atom. The van der Waals surface area contributed by atoms with E-state index in [1.165, 1.54) is 0 Å². The topological polar surface area (TPSA) is 25.8 Å². The second-order valence-corrected chi connectivity index (χ2v) is 4.43. The van der Waals surface area contributed by atoms with Crippen LogP contribution in [0.1, 0.15) is 5.69 Å². The van der Waals surface area contributed by atoms with Gasteiger partial charge in [-0.1, -0.05) is 23.2 Å². The lowest BCUT2D eigenvalue weighted by molar-refractivity contribution is 1.26. The van der Waals surface area contributed by atoms with Gasteiger partial charge in [0.2, 0.25) is 0 Å². The fraction of sp³-hybridized carbons (Fsp3) is 0.111. The molecule has 0 aromatic carbocycles. The SMILES string of the molecule is Cc1csc(-c2cc(Cl)nc(Cl)c2)n1. The van der Waals surface area contributed by atoms with Crippen LogP contribution in [0.15, 0.2) is 17.5 Å². The quantitative estimate of drug-likeness (QED) is 0.713. The van der Waals surface area contributed by atoms with Crippen molar-refractivity contribution in [2.75, 3.05) is 0 Å². The van der Waals surface area contributed by atoms with Crippen molar-refractivity contribution >= 4 is 34.5 Å². The summed E-state index contributed by atoms with van der Waals surface area (Å²) in [5, 5.41) is 3.67. The minimum absolute atomic E-state index is 0.389. The van der Waals surface area contributed by atoms with E-state index in [1.54, 1.807) is 23.5 Å². The fourth-order valence-electron chi connectivity index (χ4n) is 1.07. The van der Waals surface area contributed by atoms with Crippen LogP contribution in [0, 0.1) is 6.92 Å². The van der Waals surface area contributed by atoms with Crippen LogP contribution in [-0.2, 0) is 0 Å². The van der Waals surface area contributed by atoms with E-state index in [0.29, 0.717) is 10.3 Å². The van der Waals surface area contributed by atoms with Gasteiger partial charge < -0.3 is 0 Å². The van der Waals surface area contributed by atoms with Gasteiger partial charge in [-0.15, -0.1) is 11.3 Å². The standard InChI is InChI=1S/C9H6Cl2N2S/c1-5-4-14-9(12-5)6-2-7(10)13-8(11)3-6/h2-4H,1H3. The third kappa shape index (κ3) is 2.05. The number of aryl methyl sites for hydroxylation is 1. The second-order valence-electron chi connectivity index (χ2n) is 2.80.